The smallest absolute Gasteiger partial charge is 0.305 e. The maximum Gasteiger partial charge on any atom is 0.305 e. The second-order valence-electron chi connectivity index (χ2n) is 3.64. The third-order valence-electron chi connectivity index (χ3n) is 1.98. The molecular weight excluding hydrogens is 176 g/mol. The van der Waals surface area contributed by atoms with Crippen LogP contribution in [0.1, 0.15) is 46.5 Å². The summed E-state index contributed by atoms with van der Waals surface area (Å²) < 4.78 is 5.04. The molecule has 2 heteroatoms. The van der Waals surface area contributed by atoms with E-state index in [-0.39, 0.29) is 5.97 Å². The Bertz CT molecular complexity index is 173. The molecule has 0 aliphatic rings. The molecule has 0 aliphatic heterocycles. The van der Waals surface area contributed by atoms with Crippen molar-refractivity contribution >= 4 is 5.97 Å². The molecule has 0 aromatic rings. The normalized spacial score (nSPS) is 13.1. The molecular formula is C12H22O2. The molecule has 0 fully saturated rings. The predicted molar refractivity (Wildman–Crippen MR) is 59.1 cm³/mol. The van der Waals surface area contributed by atoms with Crippen molar-refractivity contribution in [2.24, 2.45) is 5.92 Å². The fourth-order valence-corrected chi connectivity index (χ4v) is 1.02. The van der Waals surface area contributed by atoms with E-state index in [4.69, 9.17) is 4.74 Å². The van der Waals surface area contributed by atoms with E-state index in [1.807, 2.05) is 6.92 Å². The highest BCUT2D eigenvalue weighted by Crippen LogP contribution is 2.05. The van der Waals surface area contributed by atoms with Gasteiger partial charge in [0.2, 0.25) is 0 Å². The summed E-state index contributed by atoms with van der Waals surface area (Å²) in [5.74, 6) is 0.327. The zero-order valence-corrected chi connectivity index (χ0v) is 9.58. The highest BCUT2D eigenvalue weighted by molar-refractivity contribution is 5.68. The Balaban J connectivity index is 3.45. The molecule has 0 saturated heterocycles. The summed E-state index contributed by atoms with van der Waals surface area (Å²) in [5, 5.41) is 0. The minimum Gasteiger partial charge on any atom is -0.465 e. The molecule has 14 heavy (non-hydrogen) atoms. The Morgan fingerprint density at radius 1 is 1.36 bits per heavy atom. The van der Waals surface area contributed by atoms with Crippen molar-refractivity contribution in [3.8, 4) is 0 Å². The molecule has 0 aromatic carbocycles. The van der Waals surface area contributed by atoms with Crippen LogP contribution in [0.2, 0.25) is 0 Å². The first-order valence-corrected chi connectivity index (χ1v) is 5.51. The topological polar surface area (TPSA) is 26.3 Å². The summed E-state index contributed by atoms with van der Waals surface area (Å²) in [6.07, 6.45) is 8.17. The molecule has 0 bridgehead atoms. The van der Waals surface area contributed by atoms with Gasteiger partial charge in [-0.3, -0.25) is 4.79 Å². The Kier molecular flexibility index (Phi) is 8.30. The van der Waals surface area contributed by atoms with E-state index in [2.05, 4.69) is 26.0 Å². The van der Waals surface area contributed by atoms with E-state index in [1.165, 1.54) is 6.42 Å². The van der Waals surface area contributed by atoms with E-state index in [0.29, 0.717) is 18.9 Å². The first-order valence-electron chi connectivity index (χ1n) is 5.51. The summed E-state index contributed by atoms with van der Waals surface area (Å²) in [7, 11) is 0. The monoisotopic (exact) mass is 198 g/mol. The van der Waals surface area contributed by atoms with Gasteiger partial charge in [-0.1, -0.05) is 39.3 Å². The van der Waals surface area contributed by atoms with Crippen LogP contribution in [0.3, 0.4) is 0 Å². The predicted octanol–water partition coefficient (Wildman–Crippen LogP) is 3.32. The van der Waals surface area contributed by atoms with Gasteiger partial charge in [-0.05, 0) is 18.8 Å². The second kappa shape index (κ2) is 8.79. The lowest BCUT2D eigenvalue weighted by Crippen LogP contribution is -2.10. The van der Waals surface area contributed by atoms with Crippen LogP contribution in [0.5, 0.6) is 0 Å². The molecule has 0 rings (SSSR count). The largest absolute Gasteiger partial charge is 0.465 e. The molecule has 0 spiro atoms. The zero-order valence-electron chi connectivity index (χ0n) is 9.58. The number of carbonyl (C=O) groups is 1. The van der Waals surface area contributed by atoms with E-state index >= 15 is 0 Å². The maximum absolute atomic E-state index is 10.9. The first-order chi connectivity index (χ1) is 6.70. The quantitative estimate of drug-likeness (QED) is 0.463. The lowest BCUT2D eigenvalue weighted by atomic mass is 10.1. The van der Waals surface area contributed by atoms with Crippen LogP contribution in [-0.2, 0) is 9.53 Å². The fraction of sp³-hybridized carbons (Fsp3) is 0.750. The van der Waals surface area contributed by atoms with E-state index in [1.54, 1.807) is 0 Å². The molecule has 0 aliphatic carbocycles. The lowest BCUT2D eigenvalue weighted by Gasteiger charge is -2.08. The molecule has 0 heterocycles. The minimum atomic E-state index is -0.102. The van der Waals surface area contributed by atoms with Crippen LogP contribution in [-0.4, -0.2) is 12.6 Å². The third kappa shape index (κ3) is 7.84. The zero-order chi connectivity index (χ0) is 10.8. The van der Waals surface area contributed by atoms with Crippen molar-refractivity contribution in [2.75, 3.05) is 6.61 Å². The molecule has 0 radical (unpaired) electrons. The summed E-state index contributed by atoms with van der Waals surface area (Å²) in [6.45, 7) is 6.62. The SMILES string of the molecule is CCCC=CCC(C)COC(=O)CC. The minimum absolute atomic E-state index is 0.102. The number of hydrogen-bond acceptors (Lipinski definition) is 2. The molecule has 0 N–H and O–H groups in total. The number of hydrogen-bond donors (Lipinski definition) is 0. The fourth-order valence-electron chi connectivity index (χ4n) is 1.02. The van der Waals surface area contributed by atoms with Gasteiger partial charge in [-0.25, -0.2) is 0 Å². The highest BCUT2D eigenvalue weighted by atomic mass is 16.5. The van der Waals surface area contributed by atoms with Crippen molar-refractivity contribution in [3.05, 3.63) is 12.2 Å². The van der Waals surface area contributed by atoms with Crippen LogP contribution in [0.4, 0.5) is 0 Å². The third-order valence-corrected chi connectivity index (χ3v) is 1.98. The van der Waals surface area contributed by atoms with Crippen LogP contribution < -0.4 is 0 Å². The van der Waals surface area contributed by atoms with Gasteiger partial charge in [-0.15, -0.1) is 0 Å². The first kappa shape index (κ1) is 13.2. The summed E-state index contributed by atoms with van der Waals surface area (Å²) >= 11 is 0. The van der Waals surface area contributed by atoms with Gasteiger partial charge in [-0.2, -0.15) is 0 Å². The number of carbonyl (C=O) groups excluding carboxylic acids is 1. The molecule has 0 saturated carbocycles. The molecule has 1 atom stereocenters. The van der Waals surface area contributed by atoms with Crippen LogP contribution in [0.15, 0.2) is 12.2 Å². The Hall–Kier alpha value is -0.790. The molecule has 82 valence electrons. The van der Waals surface area contributed by atoms with Gasteiger partial charge in [0.1, 0.15) is 0 Å². The number of unbranched alkanes of at least 4 members (excludes halogenated alkanes) is 1. The Morgan fingerprint density at radius 2 is 2.07 bits per heavy atom. The average molecular weight is 198 g/mol. The number of rotatable bonds is 7. The van der Waals surface area contributed by atoms with E-state index in [9.17, 15) is 4.79 Å². The van der Waals surface area contributed by atoms with Crippen molar-refractivity contribution in [1.82, 2.24) is 0 Å². The molecule has 2 nitrogen and oxygen atoms in total. The Labute approximate surface area is 87.3 Å². The van der Waals surface area contributed by atoms with Gasteiger partial charge in [0.25, 0.3) is 0 Å². The van der Waals surface area contributed by atoms with E-state index in [0.717, 1.165) is 12.8 Å². The van der Waals surface area contributed by atoms with Crippen molar-refractivity contribution in [2.45, 2.75) is 46.5 Å². The standard InChI is InChI=1S/C12H22O2/c1-4-6-7-8-9-11(3)10-14-12(13)5-2/h7-8,11H,4-6,9-10H2,1-3H3. The van der Waals surface area contributed by atoms with E-state index < -0.39 is 0 Å². The average Bonchev–Trinajstić information content (AvgIpc) is 2.21. The van der Waals surface area contributed by atoms with Gasteiger partial charge in [0.15, 0.2) is 0 Å². The van der Waals surface area contributed by atoms with Gasteiger partial charge in [0.05, 0.1) is 6.61 Å². The Morgan fingerprint density at radius 3 is 2.64 bits per heavy atom. The molecule has 0 amide bonds. The second-order valence-corrected chi connectivity index (χ2v) is 3.64. The summed E-state index contributed by atoms with van der Waals surface area (Å²) in [4.78, 5) is 10.9. The van der Waals surface area contributed by atoms with Gasteiger partial charge in [0, 0.05) is 6.42 Å². The van der Waals surface area contributed by atoms with Crippen molar-refractivity contribution in [3.63, 3.8) is 0 Å². The van der Waals surface area contributed by atoms with Crippen LogP contribution in [0, 0.1) is 5.92 Å². The number of allylic oxidation sites excluding steroid dienone is 2. The van der Waals surface area contributed by atoms with Crippen molar-refractivity contribution in [1.29, 1.82) is 0 Å². The van der Waals surface area contributed by atoms with Gasteiger partial charge < -0.3 is 4.74 Å². The van der Waals surface area contributed by atoms with Crippen LogP contribution >= 0.6 is 0 Å². The van der Waals surface area contributed by atoms with Gasteiger partial charge >= 0.3 is 5.97 Å². The number of ether oxygens (including phenoxy) is 1. The highest BCUT2D eigenvalue weighted by Gasteiger charge is 2.03. The van der Waals surface area contributed by atoms with Crippen LogP contribution in [0.25, 0.3) is 0 Å². The summed E-state index contributed by atoms with van der Waals surface area (Å²) in [6, 6.07) is 0. The number of esters is 1. The molecule has 0 aromatic heterocycles. The van der Waals surface area contributed by atoms with Crippen molar-refractivity contribution < 1.29 is 9.53 Å². The lowest BCUT2D eigenvalue weighted by molar-refractivity contribution is -0.144. The molecule has 1 unspecified atom stereocenters. The maximum atomic E-state index is 10.9. The summed E-state index contributed by atoms with van der Waals surface area (Å²) in [5.41, 5.74) is 0.